The molecule has 2 N–H and O–H groups in total. The van der Waals surface area contributed by atoms with E-state index in [1.165, 1.54) is 6.92 Å². The Morgan fingerprint density at radius 2 is 1.92 bits per heavy atom. The maximum atomic E-state index is 11.1. The summed E-state index contributed by atoms with van der Waals surface area (Å²) in [4.78, 5) is 21.6. The van der Waals surface area contributed by atoms with Crippen LogP contribution in [0.15, 0.2) is 0 Å². The third-order valence-corrected chi connectivity index (χ3v) is 1.80. The lowest BCUT2D eigenvalue weighted by atomic mass is 10.2. The van der Waals surface area contributed by atoms with E-state index in [0.29, 0.717) is 19.4 Å². The second-order valence-electron chi connectivity index (χ2n) is 3.20. The first kappa shape index (κ1) is 12.1. The van der Waals surface area contributed by atoms with Gasteiger partial charge in [0, 0.05) is 25.4 Å². The maximum Gasteiger partial charge on any atom is 0.220 e. The van der Waals surface area contributed by atoms with Crippen molar-refractivity contribution in [2.75, 3.05) is 13.6 Å². The largest absolute Gasteiger partial charge is 0.355 e. The zero-order chi connectivity index (χ0) is 10.3. The van der Waals surface area contributed by atoms with Crippen LogP contribution < -0.4 is 10.6 Å². The molecular formula is C9H18N2O2. The number of carbonyl (C=O) groups is 2. The minimum Gasteiger partial charge on any atom is -0.355 e. The SMILES string of the molecule is CNC(C)CNC(=O)CCC(C)=O. The van der Waals surface area contributed by atoms with Crippen molar-refractivity contribution in [2.45, 2.75) is 32.7 Å². The summed E-state index contributed by atoms with van der Waals surface area (Å²) in [6, 6.07) is 0.265. The van der Waals surface area contributed by atoms with E-state index < -0.39 is 0 Å². The highest BCUT2D eigenvalue weighted by Gasteiger charge is 2.04. The second-order valence-corrected chi connectivity index (χ2v) is 3.20. The molecule has 0 saturated carbocycles. The highest BCUT2D eigenvalue weighted by atomic mass is 16.2. The Labute approximate surface area is 79.1 Å². The van der Waals surface area contributed by atoms with Gasteiger partial charge in [0.05, 0.1) is 0 Å². The summed E-state index contributed by atoms with van der Waals surface area (Å²) in [5.41, 5.74) is 0. The average Bonchev–Trinajstić information content (AvgIpc) is 2.10. The lowest BCUT2D eigenvalue weighted by molar-refractivity contribution is -0.124. The van der Waals surface area contributed by atoms with Crippen LogP contribution in [0.25, 0.3) is 0 Å². The first-order valence-electron chi connectivity index (χ1n) is 4.49. The van der Waals surface area contributed by atoms with E-state index in [1.807, 2.05) is 14.0 Å². The molecule has 0 bridgehead atoms. The fourth-order valence-corrected chi connectivity index (χ4v) is 0.747. The summed E-state index contributed by atoms with van der Waals surface area (Å²) in [7, 11) is 1.84. The molecule has 0 rings (SSSR count). The van der Waals surface area contributed by atoms with Crippen LogP contribution in [-0.2, 0) is 9.59 Å². The van der Waals surface area contributed by atoms with E-state index in [0.717, 1.165) is 0 Å². The van der Waals surface area contributed by atoms with Crippen molar-refractivity contribution < 1.29 is 9.59 Å². The average molecular weight is 186 g/mol. The summed E-state index contributed by atoms with van der Waals surface area (Å²) < 4.78 is 0. The third kappa shape index (κ3) is 7.46. The van der Waals surface area contributed by atoms with E-state index in [2.05, 4.69) is 10.6 Å². The van der Waals surface area contributed by atoms with Crippen LogP contribution in [0.1, 0.15) is 26.7 Å². The highest BCUT2D eigenvalue weighted by Crippen LogP contribution is 1.89. The van der Waals surface area contributed by atoms with Crippen LogP contribution >= 0.6 is 0 Å². The van der Waals surface area contributed by atoms with Gasteiger partial charge in [-0.15, -0.1) is 0 Å². The number of ketones is 1. The molecular weight excluding hydrogens is 168 g/mol. The molecule has 0 aromatic heterocycles. The van der Waals surface area contributed by atoms with E-state index in [9.17, 15) is 9.59 Å². The summed E-state index contributed by atoms with van der Waals surface area (Å²) >= 11 is 0. The maximum absolute atomic E-state index is 11.1. The summed E-state index contributed by atoms with van der Waals surface area (Å²) in [5.74, 6) is -0.00545. The fraction of sp³-hybridized carbons (Fsp3) is 0.778. The van der Waals surface area contributed by atoms with Crippen molar-refractivity contribution in [3.63, 3.8) is 0 Å². The Morgan fingerprint density at radius 1 is 1.31 bits per heavy atom. The summed E-state index contributed by atoms with van der Waals surface area (Å²) in [6.45, 7) is 4.07. The molecule has 1 atom stereocenters. The van der Waals surface area contributed by atoms with Gasteiger partial charge in [-0.25, -0.2) is 0 Å². The van der Waals surface area contributed by atoms with Gasteiger partial charge >= 0.3 is 0 Å². The molecule has 0 aliphatic heterocycles. The number of likely N-dealkylation sites (N-methyl/N-ethyl adjacent to an activating group) is 1. The monoisotopic (exact) mass is 186 g/mol. The van der Waals surface area contributed by atoms with Gasteiger partial charge in [0.2, 0.25) is 5.91 Å². The molecule has 0 aliphatic carbocycles. The molecule has 0 aliphatic rings. The smallest absolute Gasteiger partial charge is 0.220 e. The molecule has 0 heterocycles. The first-order valence-corrected chi connectivity index (χ1v) is 4.49. The Kier molecular flexibility index (Phi) is 6.14. The van der Waals surface area contributed by atoms with Crippen molar-refractivity contribution in [2.24, 2.45) is 0 Å². The highest BCUT2D eigenvalue weighted by molar-refractivity contribution is 5.83. The quantitative estimate of drug-likeness (QED) is 0.617. The van der Waals surface area contributed by atoms with Crippen LogP contribution in [0.5, 0.6) is 0 Å². The normalized spacial score (nSPS) is 12.2. The van der Waals surface area contributed by atoms with Crippen LogP contribution in [0, 0.1) is 0 Å². The molecule has 0 saturated heterocycles. The Morgan fingerprint density at radius 3 is 2.38 bits per heavy atom. The van der Waals surface area contributed by atoms with Gasteiger partial charge < -0.3 is 15.4 Å². The number of Topliss-reactive ketones (excluding diaryl/α,β-unsaturated/α-hetero) is 1. The van der Waals surface area contributed by atoms with Gasteiger partial charge in [-0.2, -0.15) is 0 Å². The number of hydrogen-bond donors (Lipinski definition) is 2. The van der Waals surface area contributed by atoms with Gasteiger partial charge in [-0.1, -0.05) is 0 Å². The summed E-state index contributed by atoms with van der Waals surface area (Å²) in [6.07, 6.45) is 0.630. The lowest BCUT2D eigenvalue weighted by Gasteiger charge is -2.10. The Bertz CT molecular complexity index is 180. The Balaban J connectivity index is 3.46. The number of amides is 1. The molecule has 0 radical (unpaired) electrons. The molecule has 13 heavy (non-hydrogen) atoms. The minimum absolute atomic E-state index is 0.0526. The number of rotatable bonds is 6. The fourth-order valence-electron chi connectivity index (χ4n) is 0.747. The topological polar surface area (TPSA) is 58.2 Å². The molecule has 4 heteroatoms. The third-order valence-electron chi connectivity index (χ3n) is 1.80. The molecule has 1 unspecified atom stereocenters. The van der Waals surface area contributed by atoms with Crippen molar-refractivity contribution in [3.8, 4) is 0 Å². The molecule has 0 spiro atoms. The standard InChI is InChI=1S/C9H18N2O2/c1-7(10-3)6-11-9(13)5-4-8(2)12/h7,10H,4-6H2,1-3H3,(H,11,13). The van der Waals surface area contributed by atoms with Crippen molar-refractivity contribution in [3.05, 3.63) is 0 Å². The van der Waals surface area contributed by atoms with Crippen molar-refractivity contribution in [1.29, 1.82) is 0 Å². The van der Waals surface area contributed by atoms with Crippen LogP contribution in [0.3, 0.4) is 0 Å². The van der Waals surface area contributed by atoms with Gasteiger partial charge in [-0.05, 0) is 20.9 Å². The molecule has 0 aromatic rings. The zero-order valence-corrected chi connectivity index (χ0v) is 8.52. The predicted molar refractivity (Wildman–Crippen MR) is 51.4 cm³/mol. The van der Waals surface area contributed by atoms with Crippen LogP contribution in [0.2, 0.25) is 0 Å². The van der Waals surface area contributed by atoms with Gasteiger partial charge in [0.15, 0.2) is 0 Å². The first-order chi connectivity index (χ1) is 6.06. The van der Waals surface area contributed by atoms with E-state index in [4.69, 9.17) is 0 Å². The summed E-state index contributed by atoms with van der Waals surface area (Å²) in [5, 5.41) is 5.74. The van der Waals surface area contributed by atoms with Crippen LogP contribution in [-0.4, -0.2) is 31.3 Å². The predicted octanol–water partition coefficient (Wildman–Crippen LogP) is 0.0797. The molecule has 1 amide bonds. The molecule has 4 nitrogen and oxygen atoms in total. The van der Waals surface area contributed by atoms with Gasteiger partial charge in [-0.3, -0.25) is 4.79 Å². The minimum atomic E-state index is -0.0581. The second kappa shape index (κ2) is 6.60. The van der Waals surface area contributed by atoms with E-state index >= 15 is 0 Å². The lowest BCUT2D eigenvalue weighted by Crippen LogP contribution is -2.37. The Hall–Kier alpha value is -0.900. The molecule has 0 aromatic carbocycles. The number of carbonyl (C=O) groups excluding carboxylic acids is 2. The van der Waals surface area contributed by atoms with Crippen molar-refractivity contribution in [1.82, 2.24) is 10.6 Å². The van der Waals surface area contributed by atoms with Crippen molar-refractivity contribution >= 4 is 11.7 Å². The van der Waals surface area contributed by atoms with Gasteiger partial charge in [0.1, 0.15) is 5.78 Å². The van der Waals surface area contributed by atoms with Gasteiger partial charge in [0.25, 0.3) is 0 Å². The number of hydrogen-bond acceptors (Lipinski definition) is 3. The number of nitrogens with one attached hydrogen (secondary N) is 2. The van der Waals surface area contributed by atoms with E-state index in [1.54, 1.807) is 0 Å². The zero-order valence-electron chi connectivity index (χ0n) is 8.52. The van der Waals surface area contributed by atoms with E-state index in [-0.39, 0.29) is 17.7 Å². The molecule has 0 fully saturated rings. The van der Waals surface area contributed by atoms with Crippen LogP contribution in [0.4, 0.5) is 0 Å². The molecule has 76 valence electrons.